The third-order valence-electron chi connectivity index (χ3n) is 4.86. The molecule has 3 atom stereocenters. The third-order valence-corrected chi connectivity index (χ3v) is 4.86. The predicted octanol–water partition coefficient (Wildman–Crippen LogP) is 3.30. The number of nitrogens with one attached hydrogen (secondary N) is 1. The highest BCUT2D eigenvalue weighted by Gasteiger charge is 2.39. The molecule has 2 aliphatic rings. The molecule has 3 rings (SSSR count). The maximum Gasteiger partial charge on any atom is 0.280 e. The topological polar surface area (TPSA) is 24.5 Å². The van der Waals surface area contributed by atoms with Crippen LogP contribution in [0.3, 0.4) is 0 Å². The van der Waals surface area contributed by atoms with Crippen LogP contribution in [0, 0.1) is 0 Å². The van der Waals surface area contributed by atoms with Crippen molar-refractivity contribution in [2.45, 2.75) is 51.2 Å². The lowest BCUT2D eigenvalue weighted by Gasteiger charge is -2.41. The Morgan fingerprint density at radius 3 is 2.91 bits per heavy atom. The predicted molar refractivity (Wildman–Crippen MR) is 82.5 cm³/mol. The molecule has 1 aromatic carbocycles. The Balaban J connectivity index is 1.88. The van der Waals surface area contributed by atoms with Crippen LogP contribution in [0.1, 0.15) is 44.4 Å². The number of rotatable bonds is 2. The number of benzene rings is 1. The van der Waals surface area contributed by atoms with Crippen LogP contribution < -0.4 is 10.1 Å². The van der Waals surface area contributed by atoms with Gasteiger partial charge in [-0.15, -0.1) is 0 Å². The van der Waals surface area contributed by atoms with Crippen molar-refractivity contribution in [1.82, 2.24) is 10.2 Å². The van der Waals surface area contributed by atoms with Gasteiger partial charge in [0.05, 0.1) is 18.6 Å². The lowest BCUT2D eigenvalue weighted by atomic mass is 9.95. The van der Waals surface area contributed by atoms with Crippen molar-refractivity contribution in [2.24, 2.45) is 0 Å². The first-order chi connectivity index (χ1) is 10.4. The van der Waals surface area contributed by atoms with E-state index in [9.17, 15) is 8.78 Å². The van der Waals surface area contributed by atoms with Crippen molar-refractivity contribution in [3.05, 3.63) is 29.3 Å². The molecule has 22 heavy (non-hydrogen) atoms. The molecule has 1 saturated heterocycles. The standard InChI is InChI=1S/C17H24F2N2O/c1-11-10-21(12(2)9-20-11)13(3)14-4-5-16-15(8-14)17(18,19)6-7-22-16/h4-5,8,11-13,20H,6-7,9-10H2,1-3H3/t11-,12+,13?/m0/s1. The van der Waals surface area contributed by atoms with Crippen molar-refractivity contribution in [2.75, 3.05) is 19.7 Å². The monoisotopic (exact) mass is 310 g/mol. The van der Waals surface area contributed by atoms with E-state index in [2.05, 4.69) is 31.0 Å². The zero-order valence-electron chi connectivity index (χ0n) is 13.4. The minimum Gasteiger partial charge on any atom is -0.493 e. The summed E-state index contributed by atoms with van der Waals surface area (Å²) in [5.41, 5.74) is 0.976. The van der Waals surface area contributed by atoms with Gasteiger partial charge in [0.2, 0.25) is 0 Å². The summed E-state index contributed by atoms with van der Waals surface area (Å²) in [5, 5.41) is 3.45. The van der Waals surface area contributed by atoms with Gasteiger partial charge in [0.25, 0.3) is 5.92 Å². The summed E-state index contributed by atoms with van der Waals surface area (Å²) in [6.45, 7) is 8.35. The number of ether oxygens (including phenoxy) is 1. The van der Waals surface area contributed by atoms with Crippen LogP contribution in [0.5, 0.6) is 5.75 Å². The molecule has 5 heteroatoms. The van der Waals surface area contributed by atoms with Crippen molar-refractivity contribution < 1.29 is 13.5 Å². The van der Waals surface area contributed by atoms with E-state index in [1.807, 2.05) is 6.07 Å². The summed E-state index contributed by atoms with van der Waals surface area (Å²) in [4.78, 5) is 2.38. The number of nitrogens with zero attached hydrogens (tertiary/aromatic N) is 1. The fourth-order valence-corrected chi connectivity index (χ4v) is 3.42. The number of alkyl halides is 2. The third kappa shape index (κ3) is 2.84. The highest BCUT2D eigenvalue weighted by Crippen LogP contribution is 2.42. The molecule has 0 radical (unpaired) electrons. The summed E-state index contributed by atoms with van der Waals surface area (Å²) >= 11 is 0. The molecule has 1 unspecified atom stereocenters. The van der Waals surface area contributed by atoms with Gasteiger partial charge in [-0.3, -0.25) is 4.90 Å². The molecule has 0 spiro atoms. The van der Waals surface area contributed by atoms with Crippen LogP contribution in [0.2, 0.25) is 0 Å². The first-order valence-corrected chi connectivity index (χ1v) is 8.02. The Morgan fingerprint density at radius 1 is 1.36 bits per heavy atom. The molecule has 3 nitrogen and oxygen atoms in total. The van der Waals surface area contributed by atoms with Crippen LogP contribution in [-0.4, -0.2) is 36.7 Å². The van der Waals surface area contributed by atoms with E-state index in [0.717, 1.165) is 18.7 Å². The summed E-state index contributed by atoms with van der Waals surface area (Å²) in [7, 11) is 0. The van der Waals surface area contributed by atoms with Crippen LogP contribution in [0.15, 0.2) is 18.2 Å². The average molecular weight is 310 g/mol. The normalized spacial score (nSPS) is 29.5. The zero-order chi connectivity index (χ0) is 15.9. The van der Waals surface area contributed by atoms with Gasteiger partial charge in [-0.05, 0) is 38.5 Å². The van der Waals surface area contributed by atoms with E-state index in [0.29, 0.717) is 17.8 Å². The van der Waals surface area contributed by atoms with Crippen molar-refractivity contribution >= 4 is 0 Å². The van der Waals surface area contributed by atoms with Crippen molar-refractivity contribution in [3.63, 3.8) is 0 Å². The number of halogens is 2. The van der Waals surface area contributed by atoms with Crippen LogP contribution in [0.25, 0.3) is 0 Å². The van der Waals surface area contributed by atoms with Crippen LogP contribution >= 0.6 is 0 Å². The number of hydrogen-bond acceptors (Lipinski definition) is 3. The van der Waals surface area contributed by atoms with Gasteiger partial charge in [0, 0.05) is 31.2 Å². The molecule has 1 fully saturated rings. The molecule has 122 valence electrons. The van der Waals surface area contributed by atoms with Crippen LogP contribution in [-0.2, 0) is 5.92 Å². The second kappa shape index (κ2) is 5.78. The molecule has 1 aromatic rings. The van der Waals surface area contributed by atoms with Crippen LogP contribution in [0.4, 0.5) is 8.78 Å². The minimum atomic E-state index is -2.79. The molecule has 0 aromatic heterocycles. The van der Waals surface area contributed by atoms with Gasteiger partial charge in [0.1, 0.15) is 5.75 Å². The summed E-state index contributed by atoms with van der Waals surface area (Å²) in [6.07, 6.45) is -0.237. The van der Waals surface area contributed by atoms with Crippen molar-refractivity contribution in [3.8, 4) is 5.75 Å². The average Bonchev–Trinajstić information content (AvgIpc) is 2.48. The maximum absolute atomic E-state index is 14.1. The SMILES string of the molecule is CC(c1ccc2c(c1)C(F)(F)CCO2)N1C[C@H](C)NC[C@H]1C. The number of hydrogen-bond donors (Lipinski definition) is 1. The lowest BCUT2D eigenvalue weighted by Crippen LogP contribution is -2.54. The zero-order valence-corrected chi connectivity index (χ0v) is 13.4. The van der Waals surface area contributed by atoms with Gasteiger partial charge < -0.3 is 10.1 Å². The van der Waals surface area contributed by atoms with E-state index in [1.165, 1.54) is 0 Å². The van der Waals surface area contributed by atoms with Gasteiger partial charge in [-0.25, -0.2) is 8.78 Å². The quantitative estimate of drug-likeness (QED) is 0.907. The molecule has 0 aliphatic carbocycles. The number of fused-ring (bicyclic) bond motifs is 1. The van der Waals surface area contributed by atoms with E-state index >= 15 is 0 Å². The van der Waals surface area contributed by atoms with Gasteiger partial charge in [-0.1, -0.05) is 6.07 Å². The molecule has 0 amide bonds. The Hall–Kier alpha value is -1.20. The fourth-order valence-electron chi connectivity index (χ4n) is 3.42. The summed E-state index contributed by atoms with van der Waals surface area (Å²) in [6, 6.07) is 6.18. The molecular formula is C17H24F2N2O. The van der Waals surface area contributed by atoms with E-state index < -0.39 is 5.92 Å². The van der Waals surface area contributed by atoms with Gasteiger partial charge in [-0.2, -0.15) is 0 Å². The largest absolute Gasteiger partial charge is 0.493 e. The molecular weight excluding hydrogens is 286 g/mol. The lowest BCUT2D eigenvalue weighted by molar-refractivity contribution is -0.0406. The molecule has 0 bridgehead atoms. The Labute approximate surface area is 130 Å². The first kappa shape index (κ1) is 15.7. The Bertz CT molecular complexity index is 549. The van der Waals surface area contributed by atoms with Crippen molar-refractivity contribution in [1.29, 1.82) is 0 Å². The summed E-state index contributed by atoms with van der Waals surface area (Å²) in [5.74, 6) is -2.46. The van der Waals surface area contributed by atoms with Gasteiger partial charge in [0.15, 0.2) is 0 Å². The highest BCUT2D eigenvalue weighted by atomic mass is 19.3. The highest BCUT2D eigenvalue weighted by molar-refractivity contribution is 5.42. The number of piperazine rings is 1. The Morgan fingerprint density at radius 2 is 2.14 bits per heavy atom. The summed E-state index contributed by atoms with van der Waals surface area (Å²) < 4.78 is 33.6. The minimum absolute atomic E-state index is 0.0407. The maximum atomic E-state index is 14.1. The smallest absolute Gasteiger partial charge is 0.280 e. The first-order valence-electron chi connectivity index (χ1n) is 8.02. The molecule has 2 aliphatic heterocycles. The van der Waals surface area contributed by atoms with E-state index in [-0.39, 0.29) is 24.6 Å². The molecule has 1 N–H and O–H groups in total. The van der Waals surface area contributed by atoms with E-state index in [1.54, 1.807) is 12.1 Å². The molecule has 0 saturated carbocycles. The molecule has 2 heterocycles. The second-order valence-electron chi connectivity index (χ2n) is 6.59. The fraction of sp³-hybridized carbons (Fsp3) is 0.647. The van der Waals surface area contributed by atoms with E-state index in [4.69, 9.17) is 4.74 Å². The Kier molecular flexibility index (Phi) is 4.12. The second-order valence-corrected chi connectivity index (χ2v) is 6.59. The van der Waals surface area contributed by atoms with Gasteiger partial charge >= 0.3 is 0 Å².